The minimum absolute atomic E-state index is 0.104. The summed E-state index contributed by atoms with van der Waals surface area (Å²) in [6.07, 6.45) is 4.14. The SMILES string of the molecule is COc1ccccc1NC(/C=C/c1ccccc1)CC(=O)Oc1c(-c2ccccc2C(C)C)cccc1-c1ccccc1C(C)C. The first kappa shape index (κ1) is 32.3. The fourth-order valence-electron chi connectivity index (χ4n) is 5.82. The molecule has 5 aromatic rings. The quantitative estimate of drug-likeness (QED) is 0.113. The number of hydrogen-bond donors (Lipinski definition) is 1. The topological polar surface area (TPSA) is 47.6 Å². The Morgan fingerprint density at radius 3 is 1.76 bits per heavy atom. The molecule has 0 aliphatic carbocycles. The van der Waals surface area contributed by atoms with Crippen molar-refractivity contribution in [2.75, 3.05) is 12.4 Å². The van der Waals surface area contributed by atoms with Crippen molar-refractivity contribution >= 4 is 17.7 Å². The molecule has 234 valence electrons. The minimum atomic E-state index is -0.356. The number of hydrogen-bond acceptors (Lipinski definition) is 4. The van der Waals surface area contributed by atoms with E-state index in [9.17, 15) is 4.79 Å². The van der Waals surface area contributed by atoms with Crippen LogP contribution in [0.25, 0.3) is 28.3 Å². The lowest BCUT2D eigenvalue weighted by molar-refractivity contribution is -0.134. The van der Waals surface area contributed by atoms with Gasteiger partial charge in [0.25, 0.3) is 0 Å². The van der Waals surface area contributed by atoms with Crippen LogP contribution in [0.5, 0.6) is 11.5 Å². The molecule has 5 aromatic carbocycles. The second kappa shape index (κ2) is 15.3. The fraction of sp³-hybridized carbons (Fsp3) is 0.214. The van der Waals surface area contributed by atoms with Gasteiger partial charge in [0, 0.05) is 11.1 Å². The van der Waals surface area contributed by atoms with Crippen LogP contribution in [0.1, 0.15) is 62.6 Å². The molecule has 0 fully saturated rings. The molecule has 0 saturated carbocycles. The highest BCUT2D eigenvalue weighted by Gasteiger charge is 2.23. The monoisotopic (exact) mass is 609 g/mol. The Labute approximate surface area is 273 Å². The van der Waals surface area contributed by atoms with E-state index < -0.39 is 0 Å². The lowest BCUT2D eigenvalue weighted by atomic mass is 9.87. The molecule has 0 aliphatic rings. The van der Waals surface area contributed by atoms with E-state index in [1.807, 2.05) is 78.9 Å². The van der Waals surface area contributed by atoms with Crippen molar-refractivity contribution in [1.29, 1.82) is 0 Å². The smallest absolute Gasteiger partial charge is 0.313 e. The number of ether oxygens (including phenoxy) is 2. The van der Waals surface area contributed by atoms with Crippen molar-refractivity contribution in [3.8, 4) is 33.8 Å². The summed E-state index contributed by atoms with van der Waals surface area (Å²) < 4.78 is 12.1. The largest absolute Gasteiger partial charge is 0.495 e. The Morgan fingerprint density at radius 1 is 0.652 bits per heavy atom. The van der Waals surface area contributed by atoms with Gasteiger partial charge in [0.1, 0.15) is 11.5 Å². The zero-order chi connectivity index (χ0) is 32.5. The van der Waals surface area contributed by atoms with Crippen LogP contribution in [-0.2, 0) is 4.79 Å². The Kier molecular flexibility index (Phi) is 10.7. The minimum Gasteiger partial charge on any atom is -0.495 e. The van der Waals surface area contributed by atoms with Crippen molar-refractivity contribution in [3.63, 3.8) is 0 Å². The third-order valence-electron chi connectivity index (χ3n) is 8.13. The van der Waals surface area contributed by atoms with Crippen LogP contribution in [0.15, 0.2) is 127 Å². The average molecular weight is 610 g/mol. The number of esters is 1. The lowest BCUT2D eigenvalue weighted by Gasteiger charge is -2.22. The van der Waals surface area contributed by atoms with Crippen molar-refractivity contribution in [1.82, 2.24) is 0 Å². The molecule has 0 aliphatic heterocycles. The van der Waals surface area contributed by atoms with Crippen LogP contribution < -0.4 is 14.8 Å². The van der Waals surface area contributed by atoms with Crippen LogP contribution in [0, 0.1) is 0 Å². The summed E-state index contributed by atoms with van der Waals surface area (Å²) >= 11 is 0. The number of rotatable bonds is 12. The lowest BCUT2D eigenvalue weighted by Crippen LogP contribution is -2.24. The Morgan fingerprint density at radius 2 is 1.17 bits per heavy atom. The van der Waals surface area contributed by atoms with Crippen LogP contribution in [0.3, 0.4) is 0 Å². The molecule has 0 aromatic heterocycles. The summed E-state index contributed by atoms with van der Waals surface area (Å²) in [5, 5.41) is 3.51. The number of nitrogens with one attached hydrogen (secondary N) is 1. The van der Waals surface area contributed by atoms with Crippen molar-refractivity contribution in [2.24, 2.45) is 0 Å². The van der Waals surface area contributed by atoms with E-state index in [4.69, 9.17) is 9.47 Å². The van der Waals surface area contributed by atoms with Gasteiger partial charge in [0.2, 0.25) is 0 Å². The maximum atomic E-state index is 14.1. The summed E-state index contributed by atoms with van der Waals surface area (Å²) in [6, 6.07) is 40.4. The molecule has 1 N–H and O–H groups in total. The zero-order valence-electron chi connectivity index (χ0n) is 27.4. The average Bonchev–Trinajstić information content (AvgIpc) is 3.08. The van der Waals surface area contributed by atoms with E-state index >= 15 is 0 Å². The summed E-state index contributed by atoms with van der Waals surface area (Å²) in [6.45, 7) is 8.76. The molecule has 1 atom stereocenters. The van der Waals surface area contributed by atoms with E-state index in [-0.39, 0.29) is 18.4 Å². The third-order valence-corrected chi connectivity index (χ3v) is 8.13. The summed E-state index contributed by atoms with van der Waals surface area (Å²) in [5.74, 6) is 1.55. The van der Waals surface area contributed by atoms with E-state index in [0.29, 0.717) is 23.3 Å². The molecule has 0 amide bonds. The van der Waals surface area contributed by atoms with E-state index in [1.165, 1.54) is 11.1 Å². The van der Waals surface area contributed by atoms with Gasteiger partial charge in [-0.25, -0.2) is 0 Å². The highest BCUT2D eigenvalue weighted by atomic mass is 16.5. The first-order valence-corrected chi connectivity index (χ1v) is 16.0. The molecule has 1 unspecified atom stereocenters. The van der Waals surface area contributed by atoms with Crippen molar-refractivity contribution in [2.45, 2.75) is 52.0 Å². The molecule has 46 heavy (non-hydrogen) atoms. The molecule has 0 heterocycles. The molecular formula is C42H43NO3. The maximum Gasteiger partial charge on any atom is 0.313 e. The Bertz CT molecular complexity index is 1720. The van der Waals surface area contributed by atoms with Crippen LogP contribution >= 0.6 is 0 Å². The number of carbonyl (C=O) groups excluding carboxylic acids is 1. The predicted molar refractivity (Wildman–Crippen MR) is 192 cm³/mol. The number of methoxy groups -OCH3 is 1. The summed E-state index contributed by atoms with van der Waals surface area (Å²) in [5.41, 5.74) is 8.20. The number of benzene rings is 5. The second-order valence-corrected chi connectivity index (χ2v) is 12.1. The Balaban J connectivity index is 1.56. The molecular weight excluding hydrogens is 566 g/mol. The second-order valence-electron chi connectivity index (χ2n) is 12.1. The van der Waals surface area contributed by atoms with Crippen molar-refractivity contribution in [3.05, 3.63) is 144 Å². The van der Waals surface area contributed by atoms with Gasteiger partial charge >= 0.3 is 5.97 Å². The highest BCUT2D eigenvalue weighted by Crippen LogP contribution is 2.43. The van der Waals surface area contributed by atoms with Crippen LogP contribution in [0.4, 0.5) is 5.69 Å². The fourth-order valence-corrected chi connectivity index (χ4v) is 5.82. The van der Waals surface area contributed by atoms with Crippen LogP contribution in [0.2, 0.25) is 0 Å². The van der Waals surface area contributed by atoms with Gasteiger partial charge in [-0.15, -0.1) is 0 Å². The zero-order valence-corrected chi connectivity index (χ0v) is 27.4. The molecule has 0 spiro atoms. The highest BCUT2D eigenvalue weighted by molar-refractivity contribution is 5.89. The molecule has 4 heteroatoms. The van der Waals surface area contributed by atoms with Crippen LogP contribution in [-0.4, -0.2) is 19.1 Å². The van der Waals surface area contributed by atoms with Gasteiger partial charge in [-0.1, -0.05) is 149 Å². The van der Waals surface area contributed by atoms with E-state index in [0.717, 1.165) is 33.5 Å². The third kappa shape index (κ3) is 7.76. The van der Waals surface area contributed by atoms with Gasteiger partial charge in [0.15, 0.2) is 0 Å². The standard InChI is InChI=1S/C42H43NO3/c1-29(2)33-18-9-11-20-35(33)37-22-15-23-38(36-21-12-10-19-34(36)30(3)4)42(37)46-41(44)28-32(27-26-31-16-7-6-8-17-31)43-39-24-13-14-25-40(39)45-5/h6-27,29-30,32,43H,28H2,1-5H3/b27-26+. The maximum absolute atomic E-state index is 14.1. The Hall–Kier alpha value is -5.09. The number of carbonyl (C=O) groups is 1. The number of para-hydroxylation sites is 3. The van der Waals surface area contributed by atoms with Gasteiger partial charge in [0.05, 0.1) is 25.3 Å². The van der Waals surface area contributed by atoms with Gasteiger partial charge in [-0.3, -0.25) is 4.79 Å². The molecule has 5 rings (SSSR count). The first-order chi connectivity index (χ1) is 22.4. The summed E-state index contributed by atoms with van der Waals surface area (Å²) in [7, 11) is 1.64. The predicted octanol–water partition coefficient (Wildman–Crippen LogP) is 10.8. The van der Waals surface area contributed by atoms with Gasteiger partial charge < -0.3 is 14.8 Å². The normalized spacial score (nSPS) is 12.0. The molecule has 0 radical (unpaired) electrons. The van der Waals surface area contributed by atoms with Gasteiger partial charge in [-0.05, 0) is 51.8 Å². The summed E-state index contributed by atoms with van der Waals surface area (Å²) in [4.78, 5) is 14.1. The van der Waals surface area contributed by atoms with Crippen molar-refractivity contribution < 1.29 is 14.3 Å². The molecule has 0 bridgehead atoms. The van der Waals surface area contributed by atoms with E-state index in [1.54, 1.807) is 7.11 Å². The van der Waals surface area contributed by atoms with E-state index in [2.05, 4.69) is 87.6 Å². The molecule has 0 saturated heterocycles. The van der Waals surface area contributed by atoms with Gasteiger partial charge in [-0.2, -0.15) is 0 Å². The first-order valence-electron chi connectivity index (χ1n) is 16.0. The number of anilines is 1. The molecule has 4 nitrogen and oxygen atoms in total.